The summed E-state index contributed by atoms with van der Waals surface area (Å²) in [4.78, 5) is 14.6. The quantitative estimate of drug-likeness (QED) is 0.742. The zero-order chi connectivity index (χ0) is 12.0. The van der Waals surface area contributed by atoms with Gasteiger partial charge in [-0.3, -0.25) is 9.69 Å². The number of aliphatic carboxylic acids is 1. The van der Waals surface area contributed by atoms with Gasteiger partial charge in [0.1, 0.15) is 0 Å². The average Bonchev–Trinajstić information content (AvgIpc) is 2.66. The molecule has 0 aromatic carbocycles. The lowest BCUT2D eigenvalue weighted by Crippen LogP contribution is -2.35. The summed E-state index contributed by atoms with van der Waals surface area (Å²) in [5.41, 5.74) is 1.00. The maximum atomic E-state index is 10.7. The van der Waals surface area contributed by atoms with Crippen LogP contribution in [0.2, 0.25) is 0 Å². The number of carbonyl (C=O) groups is 1. The number of hydrogen-bond acceptors (Lipinski definition) is 4. The van der Waals surface area contributed by atoms with Crippen molar-refractivity contribution in [3.05, 3.63) is 24.2 Å². The van der Waals surface area contributed by atoms with E-state index in [1.165, 1.54) is 0 Å². The van der Waals surface area contributed by atoms with Crippen molar-refractivity contribution in [2.75, 3.05) is 33.7 Å². The summed E-state index contributed by atoms with van der Waals surface area (Å²) in [7, 11) is 3.94. The van der Waals surface area contributed by atoms with Gasteiger partial charge in [0, 0.05) is 25.2 Å². The largest absolute Gasteiger partial charge is 0.480 e. The molecule has 1 aromatic rings. The van der Waals surface area contributed by atoms with Crippen LogP contribution in [0.4, 0.5) is 0 Å². The average molecular weight is 226 g/mol. The maximum absolute atomic E-state index is 10.7. The molecular weight excluding hydrogens is 208 g/mol. The fourth-order valence-electron chi connectivity index (χ4n) is 1.39. The lowest BCUT2D eigenvalue weighted by atomic mass is 10.3. The van der Waals surface area contributed by atoms with Crippen molar-refractivity contribution >= 4 is 5.97 Å². The molecule has 0 saturated carbocycles. The highest BCUT2D eigenvalue weighted by Gasteiger charge is 2.11. The van der Waals surface area contributed by atoms with Crippen LogP contribution in [0.15, 0.2) is 23.0 Å². The first-order valence-electron chi connectivity index (χ1n) is 5.18. The minimum atomic E-state index is -0.803. The molecule has 0 fully saturated rings. The van der Waals surface area contributed by atoms with Crippen molar-refractivity contribution < 1.29 is 14.3 Å². The van der Waals surface area contributed by atoms with Crippen LogP contribution in [0.1, 0.15) is 5.56 Å². The van der Waals surface area contributed by atoms with E-state index in [0.717, 1.165) is 18.7 Å². The van der Waals surface area contributed by atoms with E-state index >= 15 is 0 Å². The van der Waals surface area contributed by atoms with E-state index in [-0.39, 0.29) is 6.54 Å². The predicted octanol–water partition coefficient (Wildman–Crippen LogP) is 0.728. The van der Waals surface area contributed by atoms with Crippen LogP contribution in [0.25, 0.3) is 0 Å². The summed E-state index contributed by atoms with van der Waals surface area (Å²) in [6.07, 6.45) is 3.24. The summed E-state index contributed by atoms with van der Waals surface area (Å²) in [5, 5.41) is 8.80. The van der Waals surface area contributed by atoms with E-state index in [1.54, 1.807) is 12.5 Å². The second kappa shape index (κ2) is 6.30. The van der Waals surface area contributed by atoms with Crippen molar-refractivity contribution in [3.8, 4) is 0 Å². The Labute approximate surface area is 95.3 Å². The maximum Gasteiger partial charge on any atom is 0.317 e. The second-order valence-corrected chi connectivity index (χ2v) is 4.04. The molecule has 0 aliphatic heterocycles. The minimum Gasteiger partial charge on any atom is -0.480 e. The Balaban J connectivity index is 2.46. The van der Waals surface area contributed by atoms with E-state index in [1.807, 2.05) is 30.0 Å². The van der Waals surface area contributed by atoms with Gasteiger partial charge in [-0.15, -0.1) is 0 Å². The first-order valence-corrected chi connectivity index (χ1v) is 5.18. The number of furan rings is 1. The molecule has 0 aliphatic rings. The van der Waals surface area contributed by atoms with Crippen molar-refractivity contribution in [1.29, 1.82) is 0 Å². The highest BCUT2D eigenvalue weighted by atomic mass is 16.4. The molecule has 1 heterocycles. The van der Waals surface area contributed by atoms with E-state index in [4.69, 9.17) is 9.52 Å². The lowest BCUT2D eigenvalue weighted by molar-refractivity contribution is -0.138. The molecule has 90 valence electrons. The summed E-state index contributed by atoms with van der Waals surface area (Å²) < 4.78 is 4.96. The molecule has 1 N–H and O–H groups in total. The summed E-state index contributed by atoms with van der Waals surface area (Å²) in [6.45, 7) is 2.23. The van der Waals surface area contributed by atoms with Crippen LogP contribution in [0.5, 0.6) is 0 Å². The number of carboxylic acid groups (broad SMARTS) is 1. The number of carboxylic acids is 1. The molecular formula is C11H18N2O3. The molecule has 0 amide bonds. The topological polar surface area (TPSA) is 56.9 Å². The fraction of sp³-hybridized carbons (Fsp3) is 0.545. The highest BCUT2D eigenvalue weighted by molar-refractivity contribution is 5.69. The van der Waals surface area contributed by atoms with Crippen LogP contribution in [0, 0.1) is 0 Å². The van der Waals surface area contributed by atoms with Crippen LogP contribution in [0.3, 0.4) is 0 Å². The molecule has 0 spiro atoms. The number of hydrogen-bond donors (Lipinski definition) is 1. The molecule has 5 heteroatoms. The van der Waals surface area contributed by atoms with Crippen molar-refractivity contribution in [1.82, 2.24) is 9.80 Å². The Morgan fingerprint density at radius 2 is 2.19 bits per heavy atom. The number of nitrogens with zero attached hydrogens (tertiary/aromatic N) is 2. The van der Waals surface area contributed by atoms with Crippen LogP contribution in [-0.2, 0) is 11.3 Å². The Kier molecular flexibility index (Phi) is 5.01. The first-order chi connectivity index (χ1) is 7.58. The number of likely N-dealkylation sites (N-methyl/N-ethyl adjacent to an activating group) is 1. The molecule has 0 saturated heterocycles. The van der Waals surface area contributed by atoms with Gasteiger partial charge in [0.2, 0.25) is 0 Å². The molecule has 0 atom stereocenters. The van der Waals surface area contributed by atoms with Gasteiger partial charge in [0.25, 0.3) is 0 Å². The molecule has 5 nitrogen and oxygen atoms in total. The Morgan fingerprint density at radius 3 is 2.69 bits per heavy atom. The molecule has 0 aliphatic carbocycles. The SMILES string of the molecule is CN(C)CCN(CC(=O)O)Cc1ccoc1. The lowest BCUT2D eigenvalue weighted by Gasteiger charge is -2.21. The standard InChI is InChI=1S/C11H18N2O3/c1-12(2)4-5-13(8-11(14)15)7-10-3-6-16-9-10/h3,6,9H,4-5,7-8H2,1-2H3,(H,14,15). The normalized spacial score (nSPS) is 11.2. The van der Waals surface area contributed by atoms with Gasteiger partial charge in [-0.1, -0.05) is 0 Å². The summed E-state index contributed by atoms with van der Waals surface area (Å²) in [6, 6.07) is 1.85. The summed E-state index contributed by atoms with van der Waals surface area (Å²) in [5.74, 6) is -0.803. The van der Waals surface area contributed by atoms with E-state index < -0.39 is 5.97 Å². The third kappa shape index (κ3) is 4.95. The molecule has 0 unspecified atom stereocenters. The smallest absolute Gasteiger partial charge is 0.317 e. The van der Waals surface area contributed by atoms with Crippen molar-refractivity contribution in [3.63, 3.8) is 0 Å². The van der Waals surface area contributed by atoms with E-state index in [0.29, 0.717) is 6.54 Å². The van der Waals surface area contributed by atoms with Crippen LogP contribution >= 0.6 is 0 Å². The minimum absolute atomic E-state index is 0.0546. The molecule has 1 rings (SSSR count). The van der Waals surface area contributed by atoms with Crippen molar-refractivity contribution in [2.45, 2.75) is 6.54 Å². The Hall–Kier alpha value is -1.33. The molecule has 1 aromatic heterocycles. The highest BCUT2D eigenvalue weighted by Crippen LogP contribution is 2.05. The van der Waals surface area contributed by atoms with Gasteiger partial charge >= 0.3 is 5.97 Å². The predicted molar refractivity (Wildman–Crippen MR) is 60.2 cm³/mol. The van der Waals surface area contributed by atoms with Gasteiger partial charge in [0.05, 0.1) is 19.1 Å². The second-order valence-electron chi connectivity index (χ2n) is 4.04. The monoisotopic (exact) mass is 226 g/mol. The van der Waals surface area contributed by atoms with Crippen molar-refractivity contribution in [2.24, 2.45) is 0 Å². The molecule has 0 radical (unpaired) electrons. The zero-order valence-electron chi connectivity index (χ0n) is 9.72. The van der Waals surface area contributed by atoms with Gasteiger partial charge in [0.15, 0.2) is 0 Å². The third-order valence-corrected chi connectivity index (χ3v) is 2.21. The number of rotatable bonds is 7. The third-order valence-electron chi connectivity index (χ3n) is 2.21. The van der Waals surface area contributed by atoms with Gasteiger partial charge in [-0.05, 0) is 20.2 Å². The first kappa shape index (κ1) is 12.7. The van der Waals surface area contributed by atoms with Crippen LogP contribution < -0.4 is 0 Å². The van der Waals surface area contributed by atoms with Gasteiger partial charge < -0.3 is 14.4 Å². The fourth-order valence-corrected chi connectivity index (χ4v) is 1.39. The van der Waals surface area contributed by atoms with Crippen LogP contribution in [-0.4, -0.2) is 54.6 Å². The van der Waals surface area contributed by atoms with E-state index in [2.05, 4.69) is 0 Å². The summed E-state index contributed by atoms with van der Waals surface area (Å²) >= 11 is 0. The zero-order valence-corrected chi connectivity index (χ0v) is 9.72. The van der Waals surface area contributed by atoms with Gasteiger partial charge in [-0.2, -0.15) is 0 Å². The van der Waals surface area contributed by atoms with Gasteiger partial charge in [-0.25, -0.2) is 0 Å². The molecule has 16 heavy (non-hydrogen) atoms. The Morgan fingerprint density at radius 1 is 1.44 bits per heavy atom. The van der Waals surface area contributed by atoms with E-state index in [9.17, 15) is 4.79 Å². The molecule has 0 bridgehead atoms. The Bertz CT molecular complexity index is 309.